The number of thioether (sulfide) groups is 1. The van der Waals surface area contributed by atoms with E-state index in [-0.39, 0.29) is 5.91 Å². The summed E-state index contributed by atoms with van der Waals surface area (Å²) in [6.45, 7) is 5.57. The van der Waals surface area contributed by atoms with Crippen molar-refractivity contribution in [3.63, 3.8) is 0 Å². The molecule has 1 amide bonds. The zero-order valence-corrected chi connectivity index (χ0v) is 16.9. The van der Waals surface area contributed by atoms with Crippen molar-refractivity contribution in [1.82, 2.24) is 15.2 Å². The number of pyridine rings is 1. The molecule has 0 aliphatic carbocycles. The summed E-state index contributed by atoms with van der Waals surface area (Å²) in [6, 6.07) is 11.8. The van der Waals surface area contributed by atoms with Gasteiger partial charge in [0.2, 0.25) is 0 Å². The maximum atomic E-state index is 13.1. The normalized spacial score (nSPS) is 14.2. The molecule has 0 saturated carbocycles. The second-order valence-electron chi connectivity index (χ2n) is 6.94. The van der Waals surface area contributed by atoms with Crippen molar-refractivity contribution in [2.75, 3.05) is 25.4 Å². The largest absolute Gasteiger partial charge is 0.468 e. The van der Waals surface area contributed by atoms with Gasteiger partial charge in [-0.1, -0.05) is 25.1 Å². The third-order valence-corrected chi connectivity index (χ3v) is 6.14. The van der Waals surface area contributed by atoms with Crippen LogP contribution in [-0.2, 0) is 18.7 Å². The average Bonchev–Trinajstić information content (AvgIpc) is 3.24. The maximum Gasteiger partial charge on any atom is 0.252 e. The molecule has 0 unspecified atom stereocenters. The summed E-state index contributed by atoms with van der Waals surface area (Å²) in [5.41, 5.74) is 3.87. The molecule has 3 heterocycles. The van der Waals surface area contributed by atoms with Crippen LogP contribution < -0.4 is 5.32 Å². The number of fused-ring (bicyclic) bond motifs is 2. The van der Waals surface area contributed by atoms with Crippen LogP contribution in [0.25, 0.3) is 10.9 Å². The molecule has 2 aromatic heterocycles. The van der Waals surface area contributed by atoms with Gasteiger partial charge in [0.25, 0.3) is 5.91 Å². The number of hydrogen-bond donors (Lipinski definition) is 1. The number of aromatic nitrogens is 1. The fraction of sp³-hybridized carbons (Fsp3) is 0.364. The standard InChI is InChI=1S/C22H25N3O2S/c1-2-25-11-9-20-18(14-25)21(17-7-3-4-8-19(17)24-20)22(26)23-10-13-28-15-16-6-5-12-27-16/h3-8,12H,2,9-11,13-15H2,1H3,(H,23,26). The van der Waals surface area contributed by atoms with E-state index in [4.69, 9.17) is 9.40 Å². The van der Waals surface area contributed by atoms with E-state index in [0.717, 1.165) is 71.0 Å². The lowest BCUT2D eigenvalue weighted by atomic mass is 9.95. The Balaban J connectivity index is 1.50. The zero-order valence-electron chi connectivity index (χ0n) is 16.1. The minimum Gasteiger partial charge on any atom is -0.468 e. The second-order valence-corrected chi connectivity index (χ2v) is 8.04. The number of benzene rings is 1. The summed E-state index contributed by atoms with van der Waals surface area (Å²) in [5, 5.41) is 4.06. The fourth-order valence-corrected chi connectivity index (χ4v) is 4.42. The van der Waals surface area contributed by atoms with E-state index in [1.54, 1.807) is 18.0 Å². The average molecular weight is 396 g/mol. The van der Waals surface area contributed by atoms with Gasteiger partial charge in [0.15, 0.2) is 0 Å². The van der Waals surface area contributed by atoms with Gasteiger partial charge in [-0.25, -0.2) is 0 Å². The van der Waals surface area contributed by atoms with Crippen LogP contribution >= 0.6 is 11.8 Å². The van der Waals surface area contributed by atoms with Crippen molar-refractivity contribution in [1.29, 1.82) is 0 Å². The van der Waals surface area contributed by atoms with Gasteiger partial charge in [0.05, 0.1) is 23.1 Å². The number of furan rings is 1. The molecule has 1 aromatic carbocycles. The highest BCUT2D eigenvalue weighted by atomic mass is 32.2. The van der Waals surface area contributed by atoms with Crippen molar-refractivity contribution in [3.8, 4) is 0 Å². The Kier molecular flexibility index (Phi) is 5.98. The van der Waals surface area contributed by atoms with E-state index >= 15 is 0 Å². The van der Waals surface area contributed by atoms with Crippen LogP contribution in [0.15, 0.2) is 47.1 Å². The summed E-state index contributed by atoms with van der Waals surface area (Å²) < 4.78 is 5.34. The minimum absolute atomic E-state index is 0.00593. The van der Waals surface area contributed by atoms with E-state index in [1.165, 1.54) is 0 Å². The number of hydrogen-bond acceptors (Lipinski definition) is 5. The summed E-state index contributed by atoms with van der Waals surface area (Å²) in [4.78, 5) is 20.3. The lowest BCUT2D eigenvalue weighted by Crippen LogP contribution is -2.34. The maximum absolute atomic E-state index is 13.1. The van der Waals surface area contributed by atoms with Crippen LogP contribution in [0.1, 0.15) is 34.3 Å². The molecule has 0 atom stereocenters. The topological polar surface area (TPSA) is 58.4 Å². The summed E-state index contributed by atoms with van der Waals surface area (Å²) >= 11 is 1.76. The van der Waals surface area contributed by atoms with Crippen LogP contribution in [-0.4, -0.2) is 41.2 Å². The Bertz CT molecular complexity index is 956. The first-order valence-corrected chi connectivity index (χ1v) is 10.9. The first-order valence-electron chi connectivity index (χ1n) is 9.77. The zero-order chi connectivity index (χ0) is 19.3. The van der Waals surface area contributed by atoms with Crippen LogP contribution in [0.5, 0.6) is 0 Å². The number of para-hydroxylation sites is 1. The third kappa shape index (κ3) is 4.08. The van der Waals surface area contributed by atoms with Gasteiger partial charge in [-0.05, 0) is 24.7 Å². The lowest BCUT2D eigenvalue weighted by Gasteiger charge is -2.29. The first-order chi connectivity index (χ1) is 13.8. The van der Waals surface area contributed by atoms with Crippen molar-refractivity contribution in [2.24, 2.45) is 0 Å². The molecule has 1 aliphatic rings. The SMILES string of the molecule is CCN1CCc2nc3ccccc3c(C(=O)NCCSCc3ccco3)c2C1. The first kappa shape index (κ1) is 19.0. The Hall–Kier alpha value is -2.31. The van der Waals surface area contributed by atoms with Crippen molar-refractivity contribution < 1.29 is 9.21 Å². The van der Waals surface area contributed by atoms with Crippen LogP contribution in [0, 0.1) is 0 Å². The number of amides is 1. The minimum atomic E-state index is 0.00593. The van der Waals surface area contributed by atoms with E-state index in [2.05, 4.69) is 17.1 Å². The summed E-state index contributed by atoms with van der Waals surface area (Å²) in [7, 11) is 0. The van der Waals surface area contributed by atoms with Crippen molar-refractivity contribution >= 4 is 28.6 Å². The van der Waals surface area contributed by atoms with E-state index in [0.29, 0.717) is 6.54 Å². The molecule has 0 spiro atoms. The predicted octanol–water partition coefficient (Wildman–Crippen LogP) is 3.87. The Morgan fingerprint density at radius 2 is 2.18 bits per heavy atom. The quantitative estimate of drug-likeness (QED) is 0.616. The highest BCUT2D eigenvalue weighted by molar-refractivity contribution is 7.98. The molecule has 28 heavy (non-hydrogen) atoms. The molecule has 1 N–H and O–H groups in total. The smallest absolute Gasteiger partial charge is 0.252 e. The number of rotatable bonds is 7. The highest BCUT2D eigenvalue weighted by Crippen LogP contribution is 2.28. The van der Waals surface area contributed by atoms with Gasteiger partial charge in [0.1, 0.15) is 5.76 Å². The second kappa shape index (κ2) is 8.80. The number of nitrogens with zero attached hydrogens (tertiary/aromatic N) is 2. The van der Waals surface area contributed by atoms with Crippen molar-refractivity contribution in [3.05, 3.63) is 65.2 Å². The monoisotopic (exact) mass is 395 g/mol. The molecule has 0 fully saturated rings. The molecule has 0 bridgehead atoms. The summed E-state index contributed by atoms with van der Waals surface area (Å²) in [5.74, 6) is 2.64. The molecule has 0 radical (unpaired) electrons. The predicted molar refractivity (Wildman–Crippen MR) is 114 cm³/mol. The van der Waals surface area contributed by atoms with Gasteiger partial charge >= 0.3 is 0 Å². The van der Waals surface area contributed by atoms with Gasteiger partial charge in [-0.2, -0.15) is 11.8 Å². The number of nitrogens with one attached hydrogen (secondary N) is 1. The lowest BCUT2D eigenvalue weighted by molar-refractivity contribution is 0.0955. The van der Waals surface area contributed by atoms with Crippen LogP contribution in [0.4, 0.5) is 0 Å². The Labute approximate surface area is 169 Å². The number of carbonyl (C=O) groups excluding carboxylic acids is 1. The molecule has 3 aromatic rings. The van der Waals surface area contributed by atoms with Gasteiger partial charge in [-0.15, -0.1) is 0 Å². The third-order valence-electron chi connectivity index (χ3n) is 5.16. The highest BCUT2D eigenvalue weighted by Gasteiger charge is 2.25. The van der Waals surface area contributed by atoms with Crippen LogP contribution in [0.3, 0.4) is 0 Å². The fourth-order valence-electron chi connectivity index (χ4n) is 3.67. The Morgan fingerprint density at radius 1 is 1.29 bits per heavy atom. The molecule has 146 valence electrons. The molecule has 4 rings (SSSR count). The van der Waals surface area contributed by atoms with Gasteiger partial charge in [-0.3, -0.25) is 14.7 Å². The van der Waals surface area contributed by atoms with Gasteiger partial charge < -0.3 is 9.73 Å². The molecular weight excluding hydrogens is 370 g/mol. The van der Waals surface area contributed by atoms with Crippen LogP contribution in [0.2, 0.25) is 0 Å². The number of carbonyl (C=O) groups is 1. The Morgan fingerprint density at radius 3 is 3.00 bits per heavy atom. The van der Waals surface area contributed by atoms with Crippen molar-refractivity contribution in [2.45, 2.75) is 25.6 Å². The molecule has 6 heteroatoms. The number of likely N-dealkylation sites (N-methyl/N-ethyl adjacent to an activating group) is 1. The summed E-state index contributed by atoms with van der Waals surface area (Å²) in [6.07, 6.45) is 2.59. The molecule has 5 nitrogen and oxygen atoms in total. The van der Waals surface area contributed by atoms with E-state index < -0.39 is 0 Å². The van der Waals surface area contributed by atoms with Gasteiger partial charge in [0, 0.05) is 48.5 Å². The van der Waals surface area contributed by atoms with E-state index in [1.807, 2.05) is 36.4 Å². The van der Waals surface area contributed by atoms with E-state index in [9.17, 15) is 4.79 Å². The molecule has 1 aliphatic heterocycles. The molecular formula is C22H25N3O2S. The molecule has 0 saturated heterocycles.